The summed E-state index contributed by atoms with van der Waals surface area (Å²) in [5.41, 5.74) is 5.61. The highest BCUT2D eigenvalue weighted by Crippen LogP contribution is 2.27. The molecule has 0 aliphatic heterocycles. The smallest absolute Gasteiger partial charge is 0.255 e. The molecule has 1 unspecified atom stereocenters. The molecule has 0 radical (unpaired) electrons. The number of amides is 1. The van der Waals surface area contributed by atoms with Gasteiger partial charge in [-0.3, -0.25) is 4.79 Å². The first-order valence-electron chi connectivity index (χ1n) is 4.39. The minimum Gasteiger partial charge on any atom is -0.482 e. The van der Waals surface area contributed by atoms with Gasteiger partial charge in [-0.2, -0.15) is 0 Å². The largest absolute Gasteiger partial charge is 0.482 e. The van der Waals surface area contributed by atoms with Crippen molar-refractivity contribution in [3.63, 3.8) is 0 Å². The highest BCUT2D eigenvalue weighted by atomic mass is 35.5. The van der Waals surface area contributed by atoms with Crippen molar-refractivity contribution in [2.24, 2.45) is 5.73 Å². The van der Waals surface area contributed by atoms with Crippen LogP contribution in [0.5, 0.6) is 5.75 Å². The Morgan fingerprint density at radius 3 is 2.80 bits per heavy atom. The van der Waals surface area contributed by atoms with Crippen LogP contribution in [0.2, 0.25) is 5.02 Å². The summed E-state index contributed by atoms with van der Waals surface area (Å²) in [6.45, 7) is 1.42. The minimum atomic E-state index is -0.590. The number of halogens is 1. The van der Waals surface area contributed by atoms with Gasteiger partial charge < -0.3 is 15.6 Å². The predicted molar refractivity (Wildman–Crippen MR) is 56.8 cm³/mol. The predicted octanol–water partition coefficient (Wildman–Crippen LogP) is 1.26. The number of nitrogens with two attached hydrogens (primary N) is 1. The molecule has 0 aliphatic carbocycles. The van der Waals surface area contributed by atoms with E-state index in [9.17, 15) is 9.90 Å². The van der Waals surface area contributed by atoms with Crippen LogP contribution in [0.15, 0.2) is 18.2 Å². The Hall–Kier alpha value is -1.26. The van der Waals surface area contributed by atoms with Crippen molar-refractivity contribution in [1.82, 2.24) is 0 Å². The number of ether oxygens (including phenoxy) is 1. The number of benzene rings is 1. The fourth-order valence-corrected chi connectivity index (χ4v) is 1.29. The summed E-state index contributed by atoms with van der Waals surface area (Å²) < 4.78 is 5.04. The lowest BCUT2D eigenvalue weighted by molar-refractivity contribution is -0.119. The van der Waals surface area contributed by atoms with Crippen LogP contribution in [0, 0.1) is 0 Å². The average molecular weight is 230 g/mol. The average Bonchev–Trinajstić information content (AvgIpc) is 2.15. The van der Waals surface area contributed by atoms with Gasteiger partial charge in [-0.25, -0.2) is 0 Å². The van der Waals surface area contributed by atoms with Crippen LogP contribution in [0.4, 0.5) is 0 Å². The molecule has 0 aliphatic rings. The van der Waals surface area contributed by atoms with E-state index in [4.69, 9.17) is 22.1 Å². The molecule has 1 aromatic carbocycles. The normalized spacial score (nSPS) is 12.2. The van der Waals surface area contributed by atoms with Gasteiger partial charge in [0.15, 0.2) is 6.61 Å². The zero-order valence-corrected chi connectivity index (χ0v) is 8.99. The van der Waals surface area contributed by atoms with Gasteiger partial charge in [-0.1, -0.05) is 17.7 Å². The Labute approximate surface area is 92.6 Å². The molecular weight excluding hydrogens is 218 g/mol. The minimum absolute atomic E-state index is 0.215. The molecule has 0 saturated heterocycles. The zero-order chi connectivity index (χ0) is 11.4. The third-order valence-corrected chi connectivity index (χ3v) is 2.10. The fourth-order valence-electron chi connectivity index (χ4n) is 1.04. The lowest BCUT2D eigenvalue weighted by atomic mass is 10.1. The summed E-state index contributed by atoms with van der Waals surface area (Å²) in [4.78, 5) is 10.5. The van der Waals surface area contributed by atoms with E-state index in [1.54, 1.807) is 25.1 Å². The molecule has 0 saturated carbocycles. The number of aliphatic hydroxyl groups is 1. The van der Waals surface area contributed by atoms with Gasteiger partial charge in [-0.15, -0.1) is 0 Å². The molecule has 0 spiro atoms. The van der Waals surface area contributed by atoms with Crippen molar-refractivity contribution in [2.45, 2.75) is 13.0 Å². The summed E-state index contributed by atoms with van der Waals surface area (Å²) in [7, 11) is 0. The maximum absolute atomic E-state index is 10.5. The maximum Gasteiger partial charge on any atom is 0.255 e. The molecule has 0 heterocycles. The first kappa shape index (κ1) is 11.8. The topological polar surface area (TPSA) is 72.6 Å². The van der Waals surface area contributed by atoms with E-state index in [1.165, 1.54) is 0 Å². The Kier molecular flexibility index (Phi) is 3.94. The summed E-state index contributed by atoms with van der Waals surface area (Å²) in [5.74, 6) is -0.189. The van der Waals surface area contributed by atoms with Crippen molar-refractivity contribution in [1.29, 1.82) is 0 Å². The number of hydrogen-bond donors (Lipinski definition) is 2. The van der Waals surface area contributed by atoms with E-state index in [-0.39, 0.29) is 6.61 Å². The number of carbonyl (C=O) groups excluding carboxylic acids is 1. The number of primary amides is 1. The van der Waals surface area contributed by atoms with Crippen LogP contribution in [-0.2, 0) is 4.79 Å². The van der Waals surface area contributed by atoms with Crippen LogP contribution in [0.25, 0.3) is 0 Å². The van der Waals surface area contributed by atoms with Crippen LogP contribution >= 0.6 is 11.6 Å². The summed E-state index contributed by atoms with van der Waals surface area (Å²) in [5, 5.41) is 9.63. The van der Waals surface area contributed by atoms with Crippen molar-refractivity contribution in [3.8, 4) is 5.75 Å². The molecule has 0 aromatic heterocycles. The SMILES string of the molecule is CC(O)c1ccc(OCC(N)=O)c(Cl)c1. The van der Waals surface area contributed by atoms with Crippen LogP contribution in [0.3, 0.4) is 0 Å². The molecule has 1 amide bonds. The van der Waals surface area contributed by atoms with E-state index in [2.05, 4.69) is 0 Å². The first-order valence-corrected chi connectivity index (χ1v) is 4.77. The van der Waals surface area contributed by atoms with E-state index in [0.717, 1.165) is 0 Å². The lowest BCUT2D eigenvalue weighted by Gasteiger charge is -2.09. The fraction of sp³-hybridized carbons (Fsp3) is 0.300. The van der Waals surface area contributed by atoms with Crippen molar-refractivity contribution >= 4 is 17.5 Å². The summed E-state index contributed by atoms with van der Waals surface area (Å²) >= 11 is 5.87. The van der Waals surface area contributed by atoms with Crippen LogP contribution < -0.4 is 10.5 Å². The quantitative estimate of drug-likeness (QED) is 0.816. The monoisotopic (exact) mass is 229 g/mol. The third kappa shape index (κ3) is 3.42. The van der Waals surface area contributed by atoms with Crippen molar-refractivity contribution in [2.75, 3.05) is 6.61 Å². The molecule has 15 heavy (non-hydrogen) atoms. The van der Waals surface area contributed by atoms with Gasteiger partial charge in [0, 0.05) is 0 Å². The van der Waals surface area contributed by atoms with E-state index >= 15 is 0 Å². The second-order valence-corrected chi connectivity index (χ2v) is 3.53. The molecule has 5 heteroatoms. The second-order valence-electron chi connectivity index (χ2n) is 3.12. The van der Waals surface area contributed by atoms with E-state index in [1.807, 2.05) is 0 Å². The van der Waals surface area contributed by atoms with Gasteiger partial charge in [0.1, 0.15) is 5.75 Å². The lowest BCUT2D eigenvalue weighted by Crippen LogP contribution is -2.20. The third-order valence-electron chi connectivity index (χ3n) is 1.81. The Bertz CT molecular complexity index is 366. The Morgan fingerprint density at radius 1 is 1.67 bits per heavy atom. The van der Waals surface area contributed by atoms with Crippen molar-refractivity contribution < 1.29 is 14.6 Å². The molecule has 3 N–H and O–H groups in total. The number of carbonyl (C=O) groups is 1. The van der Waals surface area contributed by atoms with Crippen molar-refractivity contribution in [3.05, 3.63) is 28.8 Å². The molecule has 0 fully saturated rings. The molecule has 82 valence electrons. The zero-order valence-electron chi connectivity index (χ0n) is 8.24. The molecule has 0 bridgehead atoms. The van der Waals surface area contributed by atoms with Crippen LogP contribution in [-0.4, -0.2) is 17.6 Å². The number of rotatable bonds is 4. The molecule has 4 nitrogen and oxygen atoms in total. The molecular formula is C10H12ClNO3. The van der Waals surface area contributed by atoms with E-state index in [0.29, 0.717) is 16.3 Å². The summed E-state index contributed by atoms with van der Waals surface area (Å²) in [6, 6.07) is 4.85. The van der Waals surface area contributed by atoms with Gasteiger partial charge in [0.2, 0.25) is 0 Å². The number of aliphatic hydroxyl groups excluding tert-OH is 1. The Morgan fingerprint density at radius 2 is 2.33 bits per heavy atom. The van der Waals surface area contributed by atoms with Gasteiger partial charge >= 0.3 is 0 Å². The Balaban J connectivity index is 2.79. The number of hydrogen-bond acceptors (Lipinski definition) is 3. The van der Waals surface area contributed by atoms with Crippen LogP contribution in [0.1, 0.15) is 18.6 Å². The standard InChI is InChI=1S/C10H12ClNO3/c1-6(13)7-2-3-9(8(11)4-7)15-5-10(12)14/h2-4,6,13H,5H2,1H3,(H2,12,14). The van der Waals surface area contributed by atoms with E-state index < -0.39 is 12.0 Å². The highest BCUT2D eigenvalue weighted by molar-refractivity contribution is 6.32. The molecule has 1 atom stereocenters. The van der Waals surface area contributed by atoms with Gasteiger partial charge in [0.05, 0.1) is 11.1 Å². The molecule has 1 rings (SSSR count). The van der Waals surface area contributed by atoms with Gasteiger partial charge in [-0.05, 0) is 24.6 Å². The highest BCUT2D eigenvalue weighted by Gasteiger charge is 2.07. The maximum atomic E-state index is 10.5. The van der Waals surface area contributed by atoms with Gasteiger partial charge in [0.25, 0.3) is 5.91 Å². The first-order chi connectivity index (χ1) is 7.00. The summed E-state index contributed by atoms with van der Waals surface area (Å²) in [6.07, 6.45) is -0.590. The second kappa shape index (κ2) is 5.00. The molecule has 1 aromatic rings.